The number of nitrogens with zero attached hydrogens (tertiary/aromatic N) is 1. The molecule has 0 saturated carbocycles. The Morgan fingerprint density at radius 1 is 0.333 bits per heavy atom. The van der Waals surface area contributed by atoms with Crippen LogP contribution >= 0.6 is 0 Å². The molecular formula is C38H27N. The minimum absolute atomic E-state index is 1.13. The van der Waals surface area contributed by atoms with Crippen LogP contribution in [-0.2, 0) is 0 Å². The monoisotopic (exact) mass is 497 g/mol. The summed E-state index contributed by atoms with van der Waals surface area (Å²) < 4.78 is 0. The van der Waals surface area contributed by atoms with Gasteiger partial charge in [-0.1, -0.05) is 127 Å². The third-order valence-electron chi connectivity index (χ3n) is 7.41. The van der Waals surface area contributed by atoms with E-state index in [2.05, 4.69) is 169 Å². The van der Waals surface area contributed by atoms with Crippen molar-refractivity contribution in [3.63, 3.8) is 0 Å². The highest BCUT2D eigenvalue weighted by Gasteiger charge is 2.20. The van der Waals surface area contributed by atoms with Gasteiger partial charge < -0.3 is 4.90 Å². The average molecular weight is 498 g/mol. The number of para-hydroxylation sites is 1. The van der Waals surface area contributed by atoms with Crippen molar-refractivity contribution in [3.05, 3.63) is 164 Å². The molecule has 0 radical (unpaired) electrons. The summed E-state index contributed by atoms with van der Waals surface area (Å²) in [7, 11) is 0. The van der Waals surface area contributed by atoms with Gasteiger partial charge in [0.05, 0.1) is 11.4 Å². The Labute approximate surface area is 229 Å². The predicted octanol–water partition coefficient (Wildman–Crippen LogP) is 10.8. The van der Waals surface area contributed by atoms with Gasteiger partial charge >= 0.3 is 0 Å². The quantitative estimate of drug-likeness (QED) is 0.214. The van der Waals surface area contributed by atoms with E-state index < -0.39 is 0 Å². The first-order valence-corrected chi connectivity index (χ1v) is 13.4. The van der Waals surface area contributed by atoms with E-state index in [0.29, 0.717) is 0 Å². The molecule has 7 rings (SSSR count). The highest BCUT2D eigenvalue weighted by atomic mass is 15.1. The van der Waals surface area contributed by atoms with Crippen molar-refractivity contribution in [1.82, 2.24) is 0 Å². The van der Waals surface area contributed by atoms with Crippen molar-refractivity contribution in [1.29, 1.82) is 0 Å². The van der Waals surface area contributed by atoms with Crippen LogP contribution in [0.1, 0.15) is 0 Å². The molecule has 0 aliphatic heterocycles. The van der Waals surface area contributed by atoms with Crippen molar-refractivity contribution in [3.8, 4) is 22.3 Å². The highest BCUT2D eigenvalue weighted by molar-refractivity contribution is 6.07. The lowest BCUT2D eigenvalue weighted by Gasteiger charge is -2.29. The first-order chi connectivity index (χ1) is 19.3. The van der Waals surface area contributed by atoms with Crippen molar-refractivity contribution >= 4 is 38.6 Å². The summed E-state index contributed by atoms with van der Waals surface area (Å²) in [4.78, 5) is 2.42. The van der Waals surface area contributed by atoms with Gasteiger partial charge in [0.1, 0.15) is 0 Å². The van der Waals surface area contributed by atoms with Gasteiger partial charge in [-0.3, -0.25) is 0 Å². The summed E-state index contributed by atoms with van der Waals surface area (Å²) in [5, 5.41) is 4.95. The van der Waals surface area contributed by atoms with Crippen LogP contribution in [0.5, 0.6) is 0 Å². The fraction of sp³-hybridized carbons (Fsp3) is 0. The third kappa shape index (κ3) is 4.35. The Balaban J connectivity index is 1.55. The first kappa shape index (κ1) is 23.0. The average Bonchev–Trinajstić information content (AvgIpc) is 3.02. The van der Waals surface area contributed by atoms with Gasteiger partial charge in [0.15, 0.2) is 0 Å². The number of anilines is 3. The second kappa shape index (κ2) is 9.96. The smallest absolute Gasteiger partial charge is 0.0546 e. The van der Waals surface area contributed by atoms with Crippen LogP contribution < -0.4 is 4.90 Å². The summed E-state index contributed by atoms with van der Waals surface area (Å²) in [5.74, 6) is 0. The standard InChI is InChI=1S/C38H27N/c1-4-13-28(14-5-1)32-23-24-35(29-15-6-2-7-16-29)38(27-32)39(34-20-8-3-9-21-34)37-22-12-19-33-25-30-17-10-11-18-31(30)26-36(33)37/h1-27H. The van der Waals surface area contributed by atoms with Gasteiger partial charge in [0.2, 0.25) is 0 Å². The summed E-state index contributed by atoms with van der Waals surface area (Å²) >= 11 is 0. The molecule has 0 aliphatic rings. The fourth-order valence-electron chi connectivity index (χ4n) is 5.52. The number of fused-ring (bicyclic) bond motifs is 2. The molecule has 0 amide bonds. The number of hydrogen-bond acceptors (Lipinski definition) is 1. The van der Waals surface area contributed by atoms with Gasteiger partial charge in [-0.15, -0.1) is 0 Å². The molecule has 184 valence electrons. The molecule has 7 aromatic rings. The molecule has 7 aromatic carbocycles. The molecule has 0 heterocycles. The fourth-order valence-corrected chi connectivity index (χ4v) is 5.52. The zero-order chi connectivity index (χ0) is 26.0. The molecule has 1 heteroatoms. The van der Waals surface area contributed by atoms with Crippen LogP contribution in [0.3, 0.4) is 0 Å². The van der Waals surface area contributed by atoms with E-state index in [4.69, 9.17) is 0 Å². The van der Waals surface area contributed by atoms with E-state index in [0.717, 1.165) is 17.1 Å². The maximum absolute atomic E-state index is 2.42. The minimum atomic E-state index is 1.13. The number of rotatable bonds is 5. The zero-order valence-electron chi connectivity index (χ0n) is 21.5. The molecule has 0 atom stereocenters. The molecule has 0 spiro atoms. The zero-order valence-corrected chi connectivity index (χ0v) is 21.5. The summed E-state index contributed by atoms with van der Waals surface area (Å²) in [6, 6.07) is 58.7. The largest absolute Gasteiger partial charge is 0.309 e. The second-order valence-corrected chi connectivity index (χ2v) is 9.83. The Bertz CT molecular complexity index is 1890. The Morgan fingerprint density at radius 3 is 1.64 bits per heavy atom. The van der Waals surface area contributed by atoms with Crippen LogP contribution in [0, 0.1) is 0 Å². The van der Waals surface area contributed by atoms with E-state index in [9.17, 15) is 0 Å². The molecule has 0 aliphatic carbocycles. The third-order valence-corrected chi connectivity index (χ3v) is 7.41. The second-order valence-electron chi connectivity index (χ2n) is 9.83. The maximum Gasteiger partial charge on any atom is 0.0546 e. The van der Waals surface area contributed by atoms with Crippen molar-refractivity contribution in [2.75, 3.05) is 4.90 Å². The SMILES string of the molecule is c1ccc(-c2ccc(-c3ccccc3)c(N(c3ccccc3)c3cccc4cc5ccccc5cc34)c2)cc1. The maximum atomic E-state index is 2.42. The van der Waals surface area contributed by atoms with E-state index in [-0.39, 0.29) is 0 Å². The van der Waals surface area contributed by atoms with E-state index in [1.54, 1.807) is 0 Å². The molecule has 0 unspecified atom stereocenters. The molecule has 1 nitrogen and oxygen atoms in total. The minimum Gasteiger partial charge on any atom is -0.309 e. The molecule has 39 heavy (non-hydrogen) atoms. The van der Waals surface area contributed by atoms with Crippen LogP contribution in [0.15, 0.2) is 164 Å². The lowest BCUT2D eigenvalue weighted by Crippen LogP contribution is -2.12. The Hall–Kier alpha value is -5.14. The van der Waals surface area contributed by atoms with Crippen molar-refractivity contribution < 1.29 is 0 Å². The van der Waals surface area contributed by atoms with E-state index in [1.807, 2.05) is 0 Å². The first-order valence-electron chi connectivity index (χ1n) is 13.4. The van der Waals surface area contributed by atoms with Crippen LogP contribution in [0.25, 0.3) is 43.8 Å². The van der Waals surface area contributed by atoms with E-state index >= 15 is 0 Å². The molecule has 0 bridgehead atoms. The normalized spacial score (nSPS) is 11.1. The lowest BCUT2D eigenvalue weighted by atomic mass is 9.96. The Kier molecular flexibility index (Phi) is 5.88. The highest BCUT2D eigenvalue weighted by Crippen LogP contribution is 2.45. The Morgan fingerprint density at radius 2 is 0.923 bits per heavy atom. The summed E-state index contributed by atoms with van der Waals surface area (Å²) in [6.45, 7) is 0. The van der Waals surface area contributed by atoms with Gasteiger partial charge in [-0.25, -0.2) is 0 Å². The predicted molar refractivity (Wildman–Crippen MR) is 167 cm³/mol. The topological polar surface area (TPSA) is 3.24 Å². The number of benzene rings is 7. The van der Waals surface area contributed by atoms with Crippen molar-refractivity contribution in [2.45, 2.75) is 0 Å². The van der Waals surface area contributed by atoms with Crippen LogP contribution in [-0.4, -0.2) is 0 Å². The van der Waals surface area contributed by atoms with Crippen molar-refractivity contribution in [2.24, 2.45) is 0 Å². The molecule has 0 fully saturated rings. The van der Waals surface area contributed by atoms with Crippen LogP contribution in [0.2, 0.25) is 0 Å². The number of hydrogen-bond donors (Lipinski definition) is 0. The van der Waals surface area contributed by atoms with Gasteiger partial charge in [-0.05, 0) is 69.2 Å². The van der Waals surface area contributed by atoms with Gasteiger partial charge in [0.25, 0.3) is 0 Å². The summed E-state index contributed by atoms with van der Waals surface area (Å²) in [6.07, 6.45) is 0. The lowest BCUT2D eigenvalue weighted by molar-refractivity contribution is 1.30. The van der Waals surface area contributed by atoms with Crippen LogP contribution in [0.4, 0.5) is 17.1 Å². The molecular weight excluding hydrogens is 470 g/mol. The van der Waals surface area contributed by atoms with Gasteiger partial charge in [0, 0.05) is 16.6 Å². The molecule has 0 N–H and O–H groups in total. The molecule has 0 aromatic heterocycles. The van der Waals surface area contributed by atoms with Gasteiger partial charge in [-0.2, -0.15) is 0 Å². The van der Waals surface area contributed by atoms with E-state index in [1.165, 1.54) is 43.8 Å². The molecule has 0 saturated heterocycles. The summed E-state index contributed by atoms with van der Waals surface area (Å²) in [5.41, 5.74) is 8.21.